The molecule has 0 bridgehead atoms. The van der Waals surface area contributed by atoms with E-state index in [1.54, 1.807) is 0 Å². The highest BCUT2D eigenvalue weighted by atomic mass is 35.5. The van der Waals surface area contributed by atoms with Crippen LogP contribution in [0.4, 0.5) is 5.69 Å². The predicted molar refractivity (Wildman–Crippen MR) is 97.2 cm³/mol. The van der Waals surface area contributed by atoms with Crippen molar-refractivity contribution >= 4 is 44.6 Å². The second-order valence-corrected chi connectivity index (χ2v) is 6.65. The van der Waals surface area contributed by atoms with Crippen molar-refractivity contribution in [3.05, 3.63) is 74.1 Å². The number of carbonyl (C=O) groups is 1. The second kappa shape index (κ2) is 7.18. The molecule has 2 N–H and O–H groups in total. The molecule has 1 unspecified atom stereocenters. The van der Waals surface area contributed by atoms with Gasteiger partial charge in [0, 0.05) is 28.4 Å². The quantitative estimate of drug-likeness (QED) is 0.521. The number of aliphatic hydroxyl groups is 1. The number of fused-ring (bicyclic) bond motifs is 1. The zero-order valence-electron chi connectivity index (χ0n) is 12.8. The molecule has 1 atom stereocenters. The van der Waals surface area contributed by atoms with Crippen molar-refractivity contribution in [2.75, 3.05) is 6.54 Å². The van der Waals surface area contributed by atoms with Crippen molar-refractivity contribution in [1.29, 1.82) is 0 Å². The smallest absolute Gasteiger partial charge is 0.288 e. The number of halogens is 1. The number of rotatable bonds is 5. The summed E-state index contributed by atoms with van der Waals surface area (Å²) in [4.78, 5) is 22.4. The first kappa shape index (κ1) is 17.3. The molecule has 1 heterocycles. The Hall–Kier alpha value is -2.48. The van der Waals surface area contributed by atoms with Crippen molar-refractivity contribution in [1.82, 2.24) is 5.32 Å². The van der Waals surface area contributed by atoms with Gasteiger partial charge in [-0.25, -0.2) is 0 Å². The van der Waals surface area contributed by atoms with Crippen LogP contribution in [0, 0.1) is 10.1 Å². The Balaban J connectivity index is 1.72. The Kier molecular flexibility index (Phi) is 4.98. The maximum Gasteiger partial charge on any atom is 0.288 e. The molecular formula is C17H13ClN2O4S. The molecule has 25 heavy (non-hydrogen) atoms. The van der Waals surface area contributed by atoms with Crippen LogP contribution in [0.15, 0.2) is 47.8 Å². The minimum absolute atomic E-state index is 0.00398. The van der Waals surface area contributed by atoms with Crippen molar-refractivity contribution in [3.8, 4) is 0 Å². The Bertz CT molecular complexity index is 957. The molecule has 0 aliphatic heterocycles. The van der Waals surface area contributed by atoms with Crippen LogP contribution in [0.3, 0.4) is 0 Å². The first-order valence-corrected chi connectivity index (χ1v) is 8.59. The van der Waals surface area contributed by atoms with E-state index in [-0.39, 0.29) is 22.8 Å². The van der Waals surface area contributed by atoms with Gasteiger partial charge < -0.3 is 10.4 Å². The number of aliphatic hydroxyl groups excluding tert-OH is 1. The van der Waals surface area contributed by atoms with E-state index in [0.717, 1.165) is 21.7 Å². The van der Waals surface area contributed by atoms with Crippen molar-refractivity contribution in [2.45, 2.75) is 6.10 Å². The fraction of sp³-hybridized carbons (Fsp3) is 0.118. The zero-order valence-corrected chi connectivity index (χ0v) is 14.4. The van der Waals surface area contributed by atoms with Gasteiger partial charge in [-0.1, -0.05) is 29.8 Å². The van der Waals surface area contributed by atoms with Crippen molar-refractivity contribution in [2.24, 2.45) is 0 Å². The van der Waals surface area contributed by atoms with E-state index in [1.165, 1.54) is 23.5 Å². The molecule has 0 saturated heterocycles. The number of hydrogen-bond acceptors (Lipinski definition) is 5. The van der Waals surface area contributed by atoms with E-state index >= 15 is 0 Å². The van der Waals surface area contributed by atoms with Crippen molar-refractivity contribution in [3.63, 3.8) is 0 Å². The molecule has 1 aromatic heterocycles. The molecule has 2 aromatic carbocycles. The largest absolute Gasteiger partial charge is 0.387 e. The maximum absolute atomic E-state index is 12.2. The normalized spacial score (nSPS) is 12.1. The van der Waals surface area contributed by atoms with Gasteiger partial charge in [-0.05, 0) is 29.0 Å². The van der Waals surface area contributed by atoms with E-state index in [0.29, 0.717) is 0 Å². The fourth-order valence-corrected chi connectivity index (χ4v) is 3.65. The Morgan fingerprint density at radius 1 is 1.32 bits per heavy atom. The van der Waals surface area contributed by atoms with Crippen LogP contribution >= 0.6 is 22.9 Å². The molecule has 6 nitrogen and oxygen atoms in total. The molecule has 8 heteroatoms. The van der Waals surface area contributed by atoms with E-state index in [4.69, 9.17) is 11.6 Å². The highest BCUT2D eigenvalue weighted by Gasteiger charge is 2.18. The maximum atomic E-state index is 12.2. The molecule has 128 valence electrons. The summed E-state index contributed by atoms with van der Waals surface area (Å²) in [6.07, 6.45) is -0.873. The number of thiophene rings is 1. The molecule has 0 fully saturated rings. The molecule has 0 spiro atoms. The third kappa shape index (κ3) is 3.63. The monoisotopic (exact) mass is 376 g/mol. The number of carbonyl (C=O) groups excluding carboxylic acids is 1. The summed E-state index contributed by atoms with van der Waals surface area (Å²) < 4.78 is 1.05. The Morgan fingerprint density at radius 3 is 2.84 bits per heavy atom. The van der Waals surface area contributed by atoms with Gasteiger partial charge in [0.1, 0.15) is 5.02 Å². The van der Waals surface area contributed by atoms with E-state index in [2.05, 4.69) is 5.32 Å². The lowest BCUT2D eigenvalue weighted by atomic mass is 10.1. The van der Waals surface area contributed by atoms with Crippen LogP contribution in [0.25, 0.3) is 10.1 Å². The van der Waals surface area contributed by atoms with Crippen LogP contribution < -0.4 is 5.32 Å². The topological polar surface area (TPSA) is 92.5 Å². The highest BCUT2D eigenvalue weighted by molar-refractivity contribution is 7.17. The zero-order chi connectivity index (χ0) is 18.0. The minimum atomic E-state index is -0.873. The number of hydrogen-bond donors (Lipinski definition) is 2. The summed E-state index contributed by atoms with van der Waals surface area (Å²) in [6, 6.07) is 11.5. The van der Waals surface area contributed by atoms with Gasteiger partial charge in [0.25, 0.3) is 11.6 Å². The molecule has 0 aliphatic carbocycles. The van der Waals surface area contributed by atoms with Crippen LogP contribution in [0.2, 0.25) is 5.02 Å². The molecule has 0 saturated carbocycles. The molecular weight excluding hydrogens is 364 g/mol. The second-order valence-electron chi connectivity index (χ2n) is 5.34. The molecule has 3 rings (SSSR count). The lowest BCUT2D eigenvalue weighted by Crippen LogP contribution is -2.28. The van der Waals surface area contributed by atoms with E-state index in [1.807, 2.05) is 29.6 Å². The minimum Gasteiger partial charge on any atom is -0.387 e. The number of amides is 1. The molecule has 3 aromatic rings. The standard InChI is InChI=1S/C17H13ClN2O4S/c18-13-6-5-10(7-14(13)20(23)24)17(22)19-8-15(21)12-9-25-16-4-2-1-3-11(12)16/h1-7,9,15,21H,8H2,(H,19,22). The lowest BCUT2D eigenvalue weighted by molar-refractivity contribution is -0.384. The number of nitrogens with one attached hydrogen (secondary N) is 1. The van der Waals surface area contributed by atoms with E-state index in [9.17, 15) is 20.0 Å². The summed E-state index contributed by atoms with van der Waals surface area (Å²) in [5.41, 5.74) is 0.514. The number of benzene rings is 2. The average molecular weight is 377 g/mol. The first-order chi connectivity index (χ1) is 12.0. The number of nitrogens with zero attached hydrogens (tertiary/aromatic N) is 1. The fourth-order valence-electron chi connectivity index (χ4n) is 2.45. The summed E-state index contributed by atoms with van der Waals surface area (Å²) in [5, 5.41) is 26.6. The van der Waals surface area contributed by atoms with Crippen molar-refractivity contribution < 1.29 is 14.8 Å². The average Bonchev–Trinajstić information content (AvgIpc) is 3.03. The van der Waals surface area contributed by atoms with Crippen LogP contribution in [0.1, 0.15) is 22.0 Å². The van der Waals surface area contributed by atoms with E-state index < -0.39 is 16.9 Å². The van der Waals surface area contributed by atoms with Gasteiger partial charge in [-0.3, -0.25) is 14.9 Å². The third-order valence-corrected chi connectivity index (χ3v) is 5.03. The van der Waals surface area contributed by atoms with Gasteiger partial charge in [-0.15, -0.1) is 11.3 Å². The van der Waals surface area contributed by atoms with Crippen LogP contribution in [0.5, 0.6) is 0 Å². The predicted octanol–water partition coefficient (Wildman–Crippen LogP) is 3.93. The number of nitro benzene ring substituents is 1. The number of nitro groups is 1. The summed E-state index contributed by atoms with van der Waals surface area (Å²) in [7, 11) is 0. The summed E-state index contributed by atoms with van der Waals surface area (Å²) >= 11 is 7.25. The Morgan fingerprint density at radius 2 is 2.08 bits per heavy atom. The highest BCUT2D eigenvalue weighted by Crippen LogP contribution is 2.30. The Labute approximate surface area is 151 Å². The van der Waals surface area contributed by atoms with Crippen LogP contribution in [-0.2, 0) is 0 Å². The lowest BCUT2D eigenvalue weighted by Gasteiger charge is -2.11. The first-order valence-electron chi connectivity index (χ1n) is 7.33. The van der Waals surface area contributed by atoms with Crippen LogP contribution in [-0.4, -0.2) is 22.5 Å². The van der Waals surface area contributed by atoms with Gasteiger partial charge in [0.15, 0.2) is 0 Å². The SMILES string of the molecule is O=C(NCC(O)c1csc2ccccc12)c1ccc(Cl)c([N+](=O)[O-])c1. The molecule has 0 aliphatic rings. The van der Waals surface area contributed by atoms with Gasteiger partial charge in [0.05, 0.1) is 11.0 Å². The molecule has 1 amide bonds. The molecule has 0 radical (unpaired) electrons. The van der Waals surface area contributed by atoms with Gasteiger partial charge in [-0.2, -0.15) is 0 Å². The van der Waals surface area contributed by atoms with Gasteiger partial charge in [0.2, 0.25) is 0 Å². The summed E-state index contributed by atoms with van der Waals surface area (Å²) in [6.45, 7) is -0.00398. The third-order valence-electron chi connectivity index (χ3n) is 3.73. The van der Waals surface area contributed by atoms with Gasteiger partial charge >= 0.3 is 0 Å². The summed E-state index contributed by atoms with van der Waals surface area (Å²) in [5.74, 6) is -0.515.